The van der Waals surface area contributed by atoms with Gasteiger partial charge in [0.05, 0.1) is 11.4 Å². The Morgan fingerprint density at radius 1 is 1.24 bits per heavy atom. The van der Waals surface area contributed by atoms with Crippen molar-refractivity contribution in [3.8, 4) is 5.69 Å². The van der Waals surface area contributed by atoms with E-state index in [0.717, 1.165) is 0 Å². The number of piperidine rings is 1. The molecular weight excluding hydrogens is 377 g/mol. The molecule has 0 spiro atoms. The molecule has 29 heavy (non-hydrogen) atoms. The molecule has 0 bridgehead atoms. The summed E-state index contributed by atoms with van der Waals surface area (Å²) in [5.41, 5.74) is 0.646. The molecule has 10 heteroatoms. The lowest BCUT2D eigenvalue weighted by molar-refractivity contribution is -0.121. The van der Waals surface area contributed by atoms with Gasteiger partial charge in [-0.15, -0.1) is 5.10 Å². The number of nitrogens with zero attached hydrogens (tertiary/aromatic N) is 6. The summed E-state index contributed by atoms with van der Waals surface area (Å²) in [7, 11) is 0. The first kappa shape index (κ1) is 20.7. The van der Waals surface area contributed by atoms with Crippen molar-refractivity contribution in [1.82, 2.24) is 30.0 Å². The Hall–Kier alpha value is -3.04. The molecule has 0 saturated carbocycles. The second-order valence-electron chi connectivity index (χ2n) is 7.01. The topological polar surface area (TPSA) is 96.2 Å². The summed E-state index contributed by atoms with van der Waals surface area (Å²) in [6.45, 7) is 7.97. The van der Waals surface area contributed by atoms with Crippen LogP contribution in [0.1, 0.15) is 32.5 Å². The fourth-order valence-corrected chi connectivity index (χ4v) is 3.47. The Morgan fingerprint density at radius 3 is 2.52 bits per heavy atom. The lowest BCUT2D eigenvalue weighted by Gasteiger charge is -2.34. The number of hydrogen-bond donors (Lipinski definition) is 1. The molecule has 0 atom stereocenters. The van der Waals surface area contributed by atoms with Gasteiger partial charge in [-0.2, -0.15) is 4.68 Å². The number of halogens is 1. The van der Waals surface area contributed by atoms with Crippen molar-refractivity contribution in [3.63, 3.8) is 0 Å². The van der Waals surface area contributed by atoms with Gasteiger partial charge in [-0.3, -0.25) is 4.79 Å². The van der Waals surface area contributed by atoms with Gasteiger partial charge in [-0.05, 0) is 62.2 Å². The number of benzene rings is 1. The van der Waals surface area contributed by atoms with Gasteiger partial charge in [-0.25, -0.2) is 9.18 Å². The minimum atomic E-state index is -0.526. The normalized spacial score (nSPS) is 14.7. The Bertz CT molecular complexity index is 873. The van der Waals surface area contributed by atoms with Gasteiger partial charge in [0.2, 0.25) is 5.91 Å². The smallest absolute Gasteiger partial charge is 0.319 e. The number of carbonyl (C=O) groups excluding carboxylic acids is 2. The van der Waals surface area contributed by atoms with Crippen LogP contribution in [-0.4, -0.2) is 68.1 Å². The van der Waals surface area contributed by atoms with Crippen molar-refractivity contribution in [3.05, 3.63) is 29.8 Å². The lowest BCUT2D eigenvalue weighted by Crippen LogP contribution is -2.47. The van der Waals surface area contributed by atoms with E-state index in [9.17, 15) is 14.0 Å². The van der Waals surface area contributed by atoms with E-state index < -0.39 is 5.82 Å². The average molecular weight is 403 g/mol. The molecule has 9 nitrogen and oxygen atoms in total. The number of hydrogen-bond acceptors (Lipinski definition) is 5. The van der Waals surface area contributed by atoms with Gasteiger partial charge in [0.1, 0.15) is 5.82 Å². The van der Waals surface area contributed by atoms with Crippen LogP contribution in [0.15, 0.2) is 18.2 Å². The number of urea groups is 1. The number of tetrazole rings is 1. The highest BCUT2D eigenvalue weighted by Crippen LogP contribution is 2.23. The summed E-state index contributed by atoms with van der Waals surface area (Å²) in [4.78, 5) is 28.6. The second-order valence-corrected chi connectivity index (χ2v) is 7.01. The number of rotatable bonds is 5. The number of nitrogens with one attached hydrogen (secondary N) is 1. The van der Waals surface area contributed by atoms with Crippen molar-refractivity contribution < 1.29 is 14.0 Å². The molecule has 1 fully saturated rings. The van der Waals surface area contributed by atoms with E-state index >= 15 is 0 Å². The fourth-order valence-electron chi connectivity index (χ4n) is 3.47. The number of carbonyl (C=O) groups is 2. The number of anilines is 1. The number of amides is 3. The molecule has 3 amide bonds. The molecule has 156 valence electrons. The largest absolute Gasteiger partial charge is 0.325 e. The van der Waals surface area contributed by atoms with Gasteiger partial charge in [-0.1, -0.05) is 0 Å². The summed E-state index contributed by atoms with van der Waals surface area (Å²) in [5.74, 6) is -0.487. The minimum absolute atomic E-state index is 0.00409. The third kappa shape index (κ3) is 4.52. The monoisotopic (exact) mass is 403 g/mol. The molecule has 0 radical (unpaired) electrons. The molecule has 3 rings (SSSR count). The highest BCUT2D eigenvalue weighted by Gasteiger charge is 2.29. The van der Waals surface area contributed by atoms with Crippen molar-refractivity contribution >= 4 is 17.6 Å². The van der Waals surface area contributed by atoms with Crippen LogP contribution < -0.4 is 5.32 Å². The predicted octanol–water partition coefficient (Wildman–Crippen LogP) is 2.22. The summed E-state index contributed by atoms with van der Waals surface area (Å²) < 4.78 is 15.7. The summed E-state index contributed by atoms with van der Waals surface area (Å²) >= 11 is 0. The van der Waals surface area contributed by atoms with E-state index in [4.69, 9.17) is 0 Å². The van der Waals surface area contributed by atoms with Gasteiger partial charge in [0.15, 0.2) is 5.82 Å². The fraction of sp³-hybridized carbons (Fsp3) is 0.526. The number of aryl methyl sites for hydroxylation is 1. The van der Waals surface area contributed by atoms with E-state index in [-0.39, 0.29) is 23.5 Å². The number of likely N-dealkylation sites (tertiary alicyclic amines) is 1. The molecule has 1 aliphatic heterocycles. The van der Waals surface area contributed by atoms with Gasteiger partial charge >= 0.3 is 6.03 Å². The Balaban J connectivity index is 1.63. The molecule has 0 aliphatic carbocycles. The van der Waals surface area contributed by atoms with Crippen molar-refractivity contribution in [1.29, 1.82) is 0 Å². The highest BCUT2D eigenvalue weighted by molar-refractivity contribution is 5.93. The molecular formula is C19H26FN7O2. The Kier molecular flexibility index (Phi) is 6.40. The van der Waals surface area contributed by atoms with E-state index in [1.54, 1.807) is 22.8 Å². The van der Waals surface area contributed by atoms with Crippen LogP contribution in [0.3, 0.4) is 0 Å². The third-order valence-electron chi connectivity index (χ3n) is 5.25. The van der Waals surface area contributed by atoms with Crippen LogP contribution in [-0.2, 0) is 4.79 Å². The second kappa shape index (κ2) is 8.97. The highest BCUT2D eigenvalue weighted by atomic mass is 19.1. The Labute approximate surface area is 168 Å². The third-order valence-corrected chi connectivity index (χ3v) is 5.25. The molecule has 2 aromatic rings. The van der Waals surface area contributed by atoms with Crippen molar-refractivity contribution in [2.24, 2.45) is 5.92 Å². The van der Waals surface area contributed by atoms with Gasteiger partial charge in [0, 0.05) is 32.1 Å². The zero-order valence-electron chi connectivity index (χ0n) is 16.9. The summed E-state index contributed by atoms with van der Waals surface area (Å²) in [6.07, 6.45) is 1.10. The van der Waals surface area contributed by atoms with Crippen LogP contribution >= 0.6 is 0 Å². The SMILES string of the molecule is CCN(CC)C(=O)N1CCC(C(=O)Nc2cc(-n3nnnc3C)ccc2F)CC1. The van der Waals surface area contributed by atoms with Crippen molar-refractivity contribution in [2.45, 2.75) is 33.6 Å². The van der Waals surface area contributed by atoms with Crippen LogP contribution in [0, 0.1) is 18.7 Å². The van der Waals surface area contributed by atoms with E-state index in [0.29, 0.717) is 50.5 Å². The van der Waals surface area contributed by atoms with Crippen molar-refractivity contribution in [2.75, 3.05) is 31.5 Å². The molecule has 2 heterocycles. The van der Waals surface area contributed by atoms with Crippen LogP contribution in [0.5, 0.6) is 0 Å². The molecule has 1 aliphatic rings. The summed E-state index contributed by atoms with van der Waals surface area (Å²) in [6, 6.07) is 4.34. The van der Waals surface area contributed by atoms with Gasteiger partial charge < -0.3 is 15.1 Å². The summed E-state index contributed by atoms with van der Waals surface area (Å²) in [5, 5.41) is 13.9. The molecule has 0 unspecified atom stereocenters. The van der Waals surface area contributed by atoms with Crippen LogP contribution in [0.25, 0.3) is 5.69 Å². The predicted molar refractivity (Wildman–Crippen MR) is 105 cm³/mol. The molecule has 1 N–H and O–H groups in total. The molecule has 1 saturated heterocycles. The maximum atomic E-state index is 14.2. The minimum Gasteiger partial charge on any atom is -0.325 e. The Morgan fingerprint density at radius 2 is 1.93 bits per heavy atom. The van der Waals surface area contributed by atoms with Crippen LogP contribution in [0.2, 0.25) is 0 Å². The standard InChI is InChI=1S/C19H26FN7O2/c1-4-25(5-2)19(29)26-10-8-14(9-11-26)18(28)21-17-12-15(6-7-16(17)20)27-13(3)22-23-24-27/h6-7,12,14H,4-5,8-11H2,1-3H3,(H,21,28). The van der Waals surface area contributed by atoms with Gasteiger partial charge in [0.25, 0.3) is 0 Å². The molecule has 1 aromatic heterocycles. The van der Waals surface area contributed by atoms with E-state index in [2.05, 4.69) is 20.8 Å². The number of aromatic nitrogens is 4. The first-order chi connectivity index (χ1) is 13.9. The van der Waals surface area contributed by atoms with E-state index in [1.165, 1.54) is 16.8 Å². The zero-order valence-corrected chi connectivity index (χ0v) is 16.9. The van der Waals surface area contributed by atoms with E-state index in [1.807, 2.05) is 13.8 Å². The average Bonchev–Trinajstić information content (AvgIpc) is 3.16. The lowest BCUT2D eigenvalue weighted by atomic mass is 9.96. The zero-order chi connectivity index (χ0) is 21.0. The first-order valence-corrected chi connectivity index (χ1v) is 9.84. The maximum absolute atomic E-state index is 14.2. The van der Waals surface area contributed by atoms with Crippen LogP contribution in [0.4, 0.5) is 14.9 Å². The first-order valence-electron chi connectivity index (χ1n) is 9.84. The molecule has 1 aromatic carbocycles. The quantitative estimate of drug-likeness (QED) is 0.826. The maximum Gasteiger partial charge on any atom is 0.319 e.